The van der Waals surface area contributed by atoms with Crippen LogP contribution < -0.4 is 0 Å². The molecule has 0 aliphatic carbocycles. The minimum absolute atomic E-state index is 0.235. The molecule has 124 valence electrons. The largest absolute Gasteiger partial charge is 0.248 e. The van der Waals surface area contributed by atoms with Crippen LogP contribution in [-0.4, -0.2) is 4.98 Å². The molecule has 0 bridgehead atoms. The van der Waals surface area contributed by atoms with E-state index in [4.69, 9.17) is 51.7 Å². The fourth-order valence-electron chi connectivity index (χ4n) is 2.44. The number of nitriles is 1. The Balaban J connectivity index is 2.24. The maximum absolute atomic E-state index is 9.08. The van der Waals surface area contributed by atoms with E-state index in [1.54, 1.807) is 36.4 Å². The van der Waals surface area contributed by atoms with E-state index in [0.29, 0.717) is 42.6 Å². The summed E-state index contributed by atoms with van der Waals surface area (Å²) in [4.78, 5) is 4.66. The van der Waals surface area contributed by atoms with E-state index >= 15 is 0 Å². The molecule has 0 unspecified atom stereocenters. The van der Waals surface area contributed by atoms with Gasteiger partial charge in [-0.3, -0.25) is 0 Å². The summed E-state index contributed by atoms with van der Waals surface area (Å²) < 4.78 is 0. The van der Waals surface area contributed by atoms with Crippen LogP contribution in [0.3, 0.4) is 0 Å². The predicted molar refractivity (Wildman–Crippen MR) is 104 cm³/mol. The van der Waals surface area contributed by atoms with E-state index in [9.17, 15) is 0 Å². The molecule has 0 aliphatic heterocycles. The van der Waals surface area contributed by atoms with Crippen LogP contribution in [0.2, 0.25) is 20.1 Å². The van der Waals surface area contributed by atoms with Gasteiger partial charge in [-0.15, -0.1) is 0 Å². The summed E-state index contributed by atoms with van der Waals surface area (Å²) in [5.41, 5.74) is 3.41. The van der Waals surface area contributed by atoms with Gasteiger partial charge in [0.05, 0.1) is 33.9 Å². The number of aromatic nitrogens is 1. The molecule has 0 amide bonds. The Morgan fingerprint density at radius 3 is 1.68 bits per heavy atom. The monoisotopic (exact) mass is 406 g/mol. The molecule has 6 heteroatoms. The first-order valence-corrected chi connectivity index (χ1v) is 8.78. The lowest BCUT2D eigenvalue weighted by Crippen LogP contribution is -1.94. The Bertz CT molecular complexity index is 923. The molecule has 2 aromatic carbocycles. The van der Waals surface area contributed by atoms with E-state index in [1.807, 2.05) is 12.1 Å². The van der Waals surface area contributed by atoms with Crippen molar-refractivity contribution in [1.82, 2.24) is 4.98 Å². The van der Waals surface area contributed by atoms with Gasteiger partial charge in [-0.25, -0.2) is 4.98 Å². The molecule has 0 saturated carbocycles. The summed E-state index contributed by atoms with van der Waals surface area (Å²) in [5.74, 6) is 0. The van der Waals surface area contributed by atoms with Gasteiger partial charge in [0, 0.05) is 21.2 Å². The smallest absolute Gasteiger partial charge is 0.0728 e. The molecule has 1 heterocycles. The summed E-state index contributed by atoms with van der Waals surface area (Å²) in [7, 11) is 0. The number of hydrogen-bond donors (Lipinski definition) is 0. The van der Waals surface area contributed by atoms with Gasteiger partial charge >= 0.3 is 0 Å². The molecule has 3 rings (SSSR count). The highest BCUT2D eigenvalue weighted by atomic mass is 35.5. The first kappa shape index (κ1) is 18.0. The van der Waals surface area contributed by atoms with Crippen LogP contribution in [0, 0.1) is 11.3 Å². The second-order valence-corrected chi connectivity index (χ2v) is 7.02. The average molecular weight is 408 g/mol. The highest BCUT2D eigenvalue weighted by Crippen LogP contribution is 2.34. The minimum atomic E-state index is 0.235. The quantitative estimate of drug-likeness (QED) is 0.464. The fraction of sp³-hybridized carbons (Fsp3) is 0.0526. The van der Waals surface area contributed by atoms with E-state index in [-0.39, 0.29) is 6.42 Å². The van der Waals surface area contributed by atoms with Crippen molar-refractivity contribution in [3.8, 4) is 28.6 Å². The van der Waals surface area contributed by atoms with Gasteiger partial charge in [-0.2, -0.15) is 5.26 Å². The average Bonchev–Trinajstić information content (AvgIpc) is 2.59. The summed E-state index contributed by atoms with van der Waals surface area (Å²) in [6.45, 7) is 0. The zero-order valence-electron chi connectivity index (χ0n) is 12.7. The Labute approximate surface area is 165 Å². The Morgan fingerprint density at radius 2 is 1.24 bits per heavy atom. The number of halogens is 4. The van der Waals surface area contributed by atoms with Crippen molar-refractivity contribution in [3.63, 3.8) is 0 Å². The van der Waals surface area contributed by atoms with Gasteiger partial charge in [0.1, 0.15) is 0 Å². The second kappa shape index (κ2) is 7.64. The van der Waals surface area contributed by atoms with Crippen LogP contribution in [0.25, 0.3) is 22.5 Å². The SMILES string of the molecule is N#CCc1cc(-c2cc(Cl)ccc2Cl)nc(-c2cc(Cl)ccc2Cl)c1. The van der Waals surface area contributed by atoms with E-state index in [1.165, 1.54) is 0 Å². The molecule has 0 spiro atoms. The van der Waals surface area contributed by atoms with Crippen molar-refractivity contribution in [2.24, 2.45) is 0 Å². The normalized spacial score (nSPS) is 10.5. The van der Waals surface area contributed by atoms with Crippen LogP contribution in [-0.2, 0) is 6.42 Å². The molecule has 0 N–H and O–H groups in total. The highest BCUT2D eigenvalue weighted by molar-refractivity contribution is 6.36. The number of rotatable bonds is 3. The van der Waals surface area contributed by atoms with Gasteiger partial charge in [-0.1, -0.05) is 46.4 Å². The van der Waals surface area contributed by atoms with Gasteiger partial charge < -0.3 is 0 Å². The molecular weight excluding hydrogens is 398 g/mol. The minimum Gasteiger partial charge on any atom is -0.248 e. The number of benzene rings is 2. The van der Waals surface area contributed by atoms with E-state index < -0.39 is 0 Å². The van der Waals surface area contributed by atoms with Gasteiger partial charge in [0.25, 0.3) is 0 Å². The van der Waals surface area contributed by atoms with Gasteiger partial charge in [-0.05, 0) is 54.1 Å². The zero-order valence-corrected chi connectivity index (χ0v) is 15.8. The van der Waals surface area contributed by atoms with Crippen molar-refractivity contribution in [2.45, 2.75) is 6.42 Å². The highest BCUT2D eigenvalue weighted by Gasteiger charge is 2.13. The summed E-state index contributed by atoms with van der Waals surface area (Å²) in [6.07, 6.45) is 0.235. The first-order chi connectivity index (χ1) is 12.0. The zero-order chi connectivity index (χ0) is 18.0. The third-order valence-electron chi connectivity index (χ3n) is 3.58. The molecular formula is C19H10Cl4N2. The summed E-state index contributed by atoms with van der Waals surface area (Å²) in [5, 5.41) is 11.2. The predicted octanol–water partition coefficient (Wildman–Crippen LogP) is 7.10. The van der Waals surface area contributed by atoms with Crippen LogP contribution in [0.15, 0.2) is 48.5 Å². The van der Waals surface area contributed by atoms with E-state index in [0.717, 1.165) is 5.56 Å². The van der Waals surface area contributed by atoms with Gasteiger partial charge in [0.2, 0.25) is 0 Å². The molecule has 25 heavy (non-hydrogen) atoms. The fourth-order valence-corrected chi connectivity index (χ4v) is 3.22. The summed E-state index contributed by atoms with van der Waals surface area (Å²) >= 11 is 24.8. The first-order valence-electron chi connectivity index (χ1n) is 7.26. The standard InChI is InChI=1S/C19H10Cl4N2/c20-12-1-3-16(22)14(9-12)18-7-11(5-6-24)8-19(25-18)15-10-13(21)2-4-17(15)23/h1-4,7-10H,5H2. The summed E-state index contributed by atoms with van der Waals surface area (Å²) in [6, 6.07) is 16.1. The van der Waals surface area contributed by atoms with Crippen molar-refractivity contribution in [2.75, 3.05) is 0 Å². The topological polar surface area (TPSA) is 36.7 Å². The lowest BCUT2D eigenvalue weighted by Gasteiger charge is -2.11. The Morgan fingerprint density at radius 1 is 0.760 bits per heavy atom. The van der Waals surface area contributed by atoms with Crippen molar-refractivity contribution in [1.29, 1.82) is 5.26 Å². The molecule has 0 atom stereocenters. The molecule has 0 saturated heterocycles. The number of pyridine rings is 1. The Kier molecular flexibility index (Phi) is 5.51. The molecule has 2 nitrogen and oxygen atoms in total. The van der Waals surface area contributed by atoms with Crippen LogP contribution in [0.1, 0.15) is 5.56 Å². The van der Waals surface area contributed by atoms with Crippen molar-refractivity contribution < 1.29 is 0 Å². The molecule has 0 aliphatic rings. The maximum Gasteiger partial charge on any atom is 0.0728 e. The maximum atomic E-state index is 9.08. The lowest BCUT2D eigenvalue weighted by molar-refractivity contribution is 1.22. The Hall–Kier alpha value is -1.76. The van der Waals surface area contributed by atoms with Crippen molar-refractivity contribution in [3.05, 3.63) is 74.2 Å². The molecule has 1 aromatic heterocycles. The van der Waals surface area contributed by atoms with Crippen LogP contribution in [0.4, 0.5) is 0 Å². The second-order valence-electron chi connectivity index (χ2n) is 5.33. The third kappa shape index (κ3) is 4.08. The molecule has 0 fully saturated rings. The lowest BCUT2D eigenvalue weighted by atomic mass is 10.0. The molecule has 3 aromatic rings. The van der Waals surface area contributed by atoms with E-state index in [2.05, 4.69) is 11.1 Å². The van der Waals surface area contributed by atoms with Crippen molar-refractivity contribution >= 4 is 46.4 Å². The van der Waals surface area contributed by atoms with Crippen LogP contribution >= 0.6 is 46.4 Å². The third-order valence-corrected chi connectivity index (χ3v) is 4.71. The van der Waals surface area contributed by atoms with Crippen LogP contribution in [0.5, 0.6) is 0 Å². The number of hydrogen-bond acceptors (Lipinski definition) is 2. The molecule has 0 radical (unpaired) electrons. The number of nitrogens with zero attached hydrogens (tertiary/aromatic N) is 2. The van der Waals surface area contributed by atoms with Gasteiger partial charge in [0.15, 0.2) is 0 Å².